The zero-order valence-corrected chi connectivity index (χ0v) is 17.7. The first-order valence-corrected chi connectivity index (χ1v) is 9.84. The molecule has 0 radical (unpaired) electrons. The SMILES string of the molecule is COc1cc(/C=C2\SC(=O)N(C)C2=O)cc(Cl)c1OCc1ccc(Br)cc1. The number of benzene rings is 2. The second-order valence-electron chi connectivity index (χ2n) is 5.69. The van der Waals surface area contributed by atoms with E-state index in [9.17, 15) is 9.59 Å². The third kappa shape index (κ3) is 4.48. The molecule has 0 unspecified atom stereocenters. The molecule has 2 aromatic carbocycles. The van der Waals surface area contributed by atoms with E-state index in [2.05, 4.69) is 15.9 Å². The van der Waals surface area contributed by atoms with Crippen molar-refractivity contribution in [3.05, 3.63) is 61.9 Å². The molecule has 2 aromatic rings. The summed E-state index contributed by atoms with van der Waals surface area (Å²) in [7, 11) is 2.97. The van der Waals surface area contributed by atoms with Gasteiger partial charge in [-0.2, -0.15) is 0 Å². The fraction of sp³-hybridized carbons (Fsp3) is 0.158. The van der Waals surface area contributed by atoms with Crippen molar-refractivity contribution in [3.63, 3.8) is 0 Å². The summed E-state index contributed by atoms with van der Waals surface area (Å²) < 4.78 is 12.2. The number of carbonyl (C=O) groups is 2. The van der Waals surface area contributed by atoms with Gasteiger partial charge < -0.3 is 9.47 Å². The molecule has 0 N–H and O–H groups in total. The highest BCUT2D eigenvalue weighted by Gasteiger charge is 2.31. The lowest BCUT2D eigenvalue weighted by Gasteiger charge is -2.13. The van der Waals surface area contributed by atoms with Crippen LogP contribution in [0.4, 0.5) is 4.79 Å². The van der Waals surface area contributed by atoms with Crippen molar-refractivity contribution >= 4 is 56.5 Å². The van der Waals surface area contributed by atoms with Crippen molar-refractivity contribution < 1.29 is 19.1 Å². The van der Waals surface area contributed by atoms with Gasteiger partial charge in [0.25, 0.3) is 11.1 Å². The zero-order valence-electron chi connectivity index (χ0n) is 14.5. The van der Waals surface area contributed by atoms with Crippen molar-refractivity contribution in [2.24, 2.45) is 0 Å². The Kier molecular flexibility index (Phi) is 6.14. The average Bonchev–Trinajstić information content (AvgIpc) is 2.88. The minimum atomic E-state index is -0.337. The summed E-state index contributed by atoms with van der Waals surface area (Å²) in [6, 6.07) is 11.1. The number of hydrogen-bond acceptors (Lipinski definition) is 5. The molecule has 1 aliphatic heterocycles. The minimum Gasteiger partial charge on any atom is -0.493 e. The van der Waals surface area contributed by atoms with Crippen LogP contribution in [0, 0.1) is 0 Å². The number of amides is 2. The van der Waals surface area contributed by atoms with Crippen molar-refractivity contribution in [2.75, 3.05) is 14.2 Å². The summed E-state index contributed by atoms with van der Waals surface area (Å²) >= 11 is 10.7. The maximum atomic E-state index is 12.0. The van der Waals surface area contributed by atoms with Crippen LogP contribution in [0.2, 0.25) is 5.02 Å². The van der Waals surface area contributed by atoms with E-state index in [0.717, 1.165) is 26.7 Å². The lowest BCUT2D eigenvalue weighted by molar-refractivity contribution is -0.121. The Balaban J connectivity index is 1.84. The van der Waals surface area contributed by atoms with Gasteiger partial charge in [-0.3, -0.25) is 14.5 Å². The number of halogens is 2. The summed E-state index contributed by atoms with van der Waals surface area (Å²) in [6.45, 7) is 0.331. The van der Waals surface area contributed by atoms with Crippen molar-refractivity contribution in [1.29, 1.82) is 0 Å². The van der Waals surface area contributed by atoms with Crippen LogP contribution in [0.25, 0.3) is 6.08 Å². The molecule has 8 heteroatoms. The normalized spacial score (nSPS) is 15.6. The number of carbonyl (C=O) groups excluding carboxylic acids is 2. The van der Waals surface area contributed by atoms with Crippen LogP contribution in [0.15, 0.2) is 45.8 Å². The molecule has 1 aliphatic rings. The Morgan fingerprint density at radius 2 is 1.93 bits per heavy atom. The molecule has 1 fully saturated rings. The number of nitrogens with zero attached hydrogens (tertiary/aromatic N) is 1. The Morgan fingerprint density at radius 1 is 1.22 bits per heavy atom. The van der Waals surface area contributed by atoms with E-state index in [1.165, 1.54) is 14.2 Å². The molecule has 1 heterocycles. The van der Waals surface area contributed by atoms with Gasteiger partial charge >= 0.3 is 0 Å². The van der Waals surface area contributed by atoms with Gasteiger partial charge in [0.05, 0.1) is 17.0 Å². The summed E-state index contributed by atoms with van der Waals surface area (Å²) in [4.78, 5) is 25.1. The highest BCUT2D eigenvalue weighted by atomic mass is 79.9. The number of imide groups is 1. The Labute approximate surface area is 174 Å². The first-order chi connectivity index (χ1) is 12.9. The van der Waals surface area contributed by atoms with Crippen LogP contribution < -0.4 is 9.47 Å². The Bertz CT molecular complexity index is 930. The summed E-state index contributed by atoms with van der Waals surface area (Å²) in [5.74, 6) is 0.528. The molecule has 27 heavy (non-hydrogen) atoms. The van der Waals surface area contributed by atoms with Crippen LogP contribution in [-0.4, -0.2) is 30.2 Å². The monoisotopic (exact) mass is 467 g/mol. The van der Waals surface area contributed by atoms with E-state index in [4.69, 9.17) is 21.1 Å². The molecule has 5 nitrogen and oxygen atoms in total. The summed E-state index contributed by atoms with van der Waals surface area (Å²) in [5.41, 5.74) is 1.63. The molecule has 0 aliphatic carbocycles. The zero-order chi connectivity index (χ0) is 19.6. The van der Waals surface area contributed by atoms with Crippen molar-refractivity contribution in [2.45, 2.75) is 6.61 Å². The van der Waals surface area contributed by atoms with Gasteiger partial charge in [-0.25, -0.2) is 0 Å². The molecule has 0 bridgehead atoms. The van der Waals surface area contributed by atoms with E-state index in [-0.39, 0.29) is 11.1 Å². The smallest absolute Gasteiger partial charge is 0.293 e. The highest BCUT2D eigenvalue weighted by molar-refractivity contribution is 9.10. The maximum Gasteiger partial charge on any atom is 0.293 e. The van der Waals surface area contributed by atoms with Crippen molar-refractivity contribution in [3.8, 4) is 11.5 Å². The van der Waals surface area contributed by atoms with Gasteiger partial charge in [0, 0.05) is 11.5 Å². The molecule has 0 saturated carbocycles. The van der Waals surface area contributed by atoms with Gasteiger partial charge in [-0.05, 0) is 53.2 Å². The summed E-state index contributed by atoms with van der Waals surface area (Å²) in [6.07, 6.45) is 1.61. The number of rotatable bonds is 5. The topological polar surface area (TPSA) is 55.8 Å². The molecular weight excluding hydrogens is 454 g/mol. The minimum absolute atomic E-state index is 0.307. The van der Waals surface area contributed by atoms with Gasteiger partial charge in [-0.15, -0.1) is 0 Å². The van der Waals surface area contributed by atoms with Crippen LogP contribution in [0.3, 0.4) is 0 Å². The van der Waals surface area contributed by atoms with Crippen LogP contribution in [-0.2, 0) is 11.4 Å². The maximum absolute atomic E-state index is 12.0. The highest BCUT2D eigenvalue weighted by Crippen LogP contribution is 2.39. The predicted octanol–water partition coefficient (Wildman–Crippen LogP) is 5.36. The molecule has 0 spiro atoms. The Morgan fingerprint density at radius 3 is 2.52 bits per heavy atom. The fourth-order valence-electron chi connectivity index (χ4n) is 2.40. The van der Waals surface area contributed by atoms with E-state index in [0.29, 0.717) is 33.6 Å². The molecule has 140 valence electrons. The van der Waals surface area contributed by atoms with Crippen molar-refractivity contribution in [1.82, 2.24) is 4.90 Å². The number of thioether (sulfide) groups is 1. The number of likely N-dealkylation sites (N-methyl/N-ethyl adjacent to an activating group) is 1. The quantitative estimate of drug-likeness (QED) is 0.553. The van der Waals surface area contributed by atoms with E-state index in [1.807, 2.05) is 24.3 Å². The van der Waals surface area contributed by atoms with Gasteiger partial charge in [-0.1, -0.05) is 39.7 Å². The van der Waals surface area contributed by atoms with Crippen LogP contribution >= 0.6 is 39.3 Å². The number of methoxy groups -OCH3 is 1. The standard InChI is InChI=1S/C19H15BrClNO4S/c1-22-18(23)16(27-19(22)24)9-12-7-14(21)17(15(8-12)25-2)26-10-11-3-5-13(20)6-4-11/h3-9H,10H2,1-2H3/b16-9-. The number of ether oxygens (including phenoxy) is 2. The van der Waals surface area contributed by atoms with E-state index < -0.39 is 0 Å². The third-order valence-electron chi connectivity index (χ3n) is 3.83. The lowest BCUT2D eigenvalue weighted by Crippen LogP contribution is -2.22. The largest absolute Gasteiger partial charge is 0.493 e. The van der Waals surface area contributed by atoms with E-state index in [1.54, 1.807) is 18.2 Å². The van der Waals surface area contributed by atoms with Crippen LogP contribution in [0.1, 0.15) is 11.1 Å². The van der Waals surface area contributed by atoms with Gasteiger partial charge in [0.1, 0.15) is 6.61 Å². The van der Waals surface area contributed by atoms with E-state index >= 15 is 0 Å². The molecule has 3 rings (SSSR count). The lowest BCUT2D eigenvalue weighted by atomic mass is 10.1. The second-order valence-corrected chi connectivity index (χ2v) is 8.01. The van der Waals surface area contributed by atoms with Crippen LogP contribution in [0.5, 0.6) is 11.5 Å². The molecular formula is C19H15BrClNO4S. The molecule has 2 amide bonds. The molecule has 0 aromatic heterocycles. The third-order valence-corrected chi connectivity index (χ3v) is 5.60. The first kappa shape index (κ1) is 19.8. The predicted molar refractivity (Wildman–Crippen MR) is 110 cm³/mol. The average molecular weight is 469 g/mol. The van der Waals surface area contributed by atoms with Gasteiger partial charge in [0.2, 0.25) is 0 Å². The molecule has 1 saturated heterocycles. The summed E-state index contributed by atoms with van der Waals surface area (Å²) in [5, 5.41) is 0.0483. The number of hydrogen-bond donors (Lipinski definition) is 0. The first-order valence-electron chi connectivity index (χ1n) is 7.85. The second kappa shape index (κ2) is 8.37. The Hall–Kier alpha value is -1.96. The molecule has 0 atom stereocenters. The van der Waals surface area contributed by atoms with Gasteiger partial charge in [0.15, 0.2) is 11.5 Å². The fourth-order valence-corrected chi connectivity index (χ4v) is 3.76.